The van der Waals surface area contributed by atoms with Gasteiger partial charge in [-0.15, -0.1) is 5.10 Å². The Labute approximate surface area is 118 Å². The Balaban J connectivity index is 2.53. The molecule has 0 radical (unpaired) electrons. The van der Waals surface area contributed by atoms with E-state index in [0.717, 1.165) is 0 Å². The summed E-state index contributed by atoms with van der Waals surface area (Å²) in [7, 11) is 0. The van der Waals surface area contributed by atoms with Gasteiger partial charge in [-0.3, -0.25) is 4.79 Å². The molecular weight excluding hydrogens is 292 g/mol. The highest BCUT2D eigenvalue weighted by Gasteiger charge is 2.17. The first-order chi connectivity index (χ1) is 9.38. The second-order valence-corrected chi connectivity index (χ2v) is 4.36. The molecular formula is C12H10ClF2N3O2. The summed E-state index contributed by atoms with van der Waals surface area (Å²) in [5, 5.41) is 4.01. The molecule has 0 aliphatic carbocycles. The zero-order valence-electron chi connectivity index (χ0n) is 10.6. The van der Waals surface area contributed by atoms with Crippen LogP contribution < -0.4 is 4.74 Å². The van der Waals surface area contributed by atoms with E-state index in [1.54, 1.807) is 6.92 Å². The maximum atomic E-state index is 12.2. The second kappa shape index (κ2) is 5.54. The van der Waals surface area contributed by atoms with Gasteiger partial charge in [0.1, 0.15) is 5.15 Å². The summed E-state index contributed by atoms with van der Waals surface area (Å²) >= 11 is 5.80. The SMILES string of the molecule is CC(=O)c1ccc(Cl)nc1-n1nc(OC(F)F)cc1C. The molecule has 0 amide bonds. The molecule has 0 N–H and O–H groups in total. The number of aromatic nitrogens is 3. The van der Waals surface area contributed by atoms with Gasteiger partial charge in [0.15, 0.2) is 11.6 Å². The molecule has 5 nitrogen and oxygen atoms in total. The summed E-state index contributed by atoms with van der Waals surface area (Å²) in [4.78, 5) is 15.6. The summed E-state index contributed by atoms with van der Waals surface area (Å²) in [6, 6.07) is 4.29. The molecule has 0 aliphatic rings. The second-order valence-electron chi connectivity index (χ2n) is 3.98. The molecule has 2 heterocycles. The Bertz CT molecular complexity index is 658. The van der Waals surface area contributed by atoms with Crippen LogP contribution in [0, 0.1) is 6.92 Å². The normalized spacial score (nSPS) is 10.9. The van der Waals surface area contributed by atoms with Crippen LogP contribution in [0.3, 0.4) is 0 Å². The number of halogens is 3. The number of carbonyl (C=O) groups is 1. The number of rotatable bonds is 4. The zero-order chi connectivity index (χ0) is 14.9. The summed E-state index contributed by atoms with van der Waals surface area (Å²) < 4.78 is 29.8. The van der Waals surface area contributed by atoms with Crippen LogP contribution in [-0.4, -0.2) is 27.2 Å². The van der Waals surface area contributed by atoms with E-state index >= 15 is 0 Å². The molecule has 0 aliphatic heterocycles. The van der Waals surface area contributed by atoms with Crippen molar-refractivity contribution < 1.29 is 18.3 Å². The molecule has 0 saturated heterocycles. The topological polar surface area (TPSA) is 57.0 Å². The molecule has 20 heavy (non-hydrogen) atoms. The first-order valence-corrected chi connectivity index (χ1v) is 5.95. The van der Waals surface area contributed by atoms with E-state index in [-0.39, 0.29) is 28.2 Å². The molecule has 0 bridgehead atoms. The standard InChI is InChI=1S/C12H10ClF2N3O2/c1-6-5-10(20-12(14)15)17-18(6)11-8(7(2)19)3-4-9(13)16-11/h3-5,12H,1-2H3. The van der Waals surface area contributed by atoms with E-state index in [0.29, 0.717) is 5.69 Å². The van der Waals surface area contributed by atoms with Crippen LogP contribution in [0.15, 0.2) is 18.2 Å². The summed E-state index contributed by atoms with van der Waals surface area (Å²) in [6.45, 7) is 0.0131. The van der Waals surface area contributed by atoms with E-state index in [2.05, 4.69) is 14.8 Å². The molecule has 0 atom stereocenters. The highest BCUT2D eigenvalue weighted by atomic mass is 35.5. The first kappa shape index (κ1) is 14.4. The number of nitrogens with zero attached hydrogens (tertiary/aromatic N) is 3. The van der Waals surface area contributed by atoms with Crippen molar-refractivity contribution in [2.45, 2.75) is 20.5 Å². The molecule has 106 valence electrons. The Morgan fingerprint density at radius 2 is 2.15 bits per heavy atom. The molecule has 0 unspecified atom stereocenters. The van der Waals surface area contributed by atoms with Crippen LogP contribution in [0.2, 0.25) is 5.15 Å². The number of alkyl halides is 2. The van der Waals surface area contributed by atoms with Gasteiger partial charge < -0.3 is 4.74 Å². The van der Waals surface area contributed by atoms with Crippen molar-refractivity contribution in [3.05, 3.63) is 34.6 Å². The zero-order valence-corrected chi connectivity index (χ0v) is 11.4. The van der Waals surface area contributed by atoms with Gasteiger partial charge in [-0.2, -0.15) is 8.78 Å². The number of ether oxygens (including phenoxy) is 1. The van der Waals surface area contributed by atoms with Gasteiger partial charge in [-0.1, -0.05) is 11.6 Å². The van der Waals surface area contributed by atoms with Gasteiger partial charge in [-0.25, -0.2) is 9.67 Å². The highest BCUT2D eigenvalue weighted by molar-refractivity contribution is 6.29. The minimum atomic E-state index is -2.97. The lowest BCUT2D eigenvalue weighted by molar-refractivity contribution is -0.0530. The van der Waals surface area contributed by atoms with Crippen molar-refractivity contribution in [1.82, 2.24) is 14.8 Å². The van der Waals surface area contributed by atoms with Gasteiger partial charge in [0.2, 0.25) is 5.88 Å². The van der Waals surface area contributed by atoms with Crippen molar-refractivity contribution in [1.29, 1.82) is 0 Å². The van der Waals surface area contributed by atoms with E-state index in [9.17, 15) is 13.6 Å². The number of Topliss-reactive ketones (excluding diaryl/α,β-unsaturated/α-hetero) is 1. The number of carbonyl (C=O) groups excluding carboxylic acids is 1. The third-order valence-corrected chi connectivity index (χ3v) is 2.71. The maximum Gasteiger partial charge on any atom is 0.388 e. The fourth-order valence-corrected chi connectivity index (χ4v) is 1.81. The smallest absolute Gasteiger partial charge is 0.388 e. The van der Waals surface area contributed by atoms with Gasteiger partial charge in [-0.05, 0) is 26.0 Å². The van der Waals surface area contributed by atoms with Gasteiger partial charge >= 0.3 is 6.61 Å². The van der Waals surface area contributed by atoms with Crippen LogP contribution >= 0.6 is 11.6 Å². The molecule has 0 aromatic carbocycles. The molecule has 2 aromatic rings. The predicted octanol–water partition coefficient (Wildman–Crippen LogP) is 3.03. The number of aryl methyl sites for hydroxylation is 1. The van der Waals surface area contributed by atoms with Crippen LogP contribution in [0.4, 0.5) is 8.78 Å². The Hall–Kier alpha value is -2.02. The average Bonchev–Trinajstić information content (AvgIpc) is 2.68. The van der Waals surface area contributed by atoms with E-state index in [1.165, 1.54) is 29.8 Å². The fourth-order valence-electron chi connectivity index (χ4n) is 1.67. The summed E-state index contributed by atoms with van der Waals surface area (Å²) in [5.41, 5.74) is 0.766. The minimum Gasteiger partial charge on any atom is -0.415 e. The Kier molecular flexibility index (Phi) is 3.99. The Morgan fingerprint density at radius 1 is 1.45 bits per heavy atom. The van der Waals surface area contributed by atoms with Crippen LogP contribution in [-0.2, 0) is 0 Å². The van der Waals surface area contributed by atoms with Crippen molar-refractivity contribution >= 4 is 17.4 Å². The quantitative estimate of drug-likeness (QED) is 0.643. The number of hydrogen-bond donors (Lipinski definition) is 0. The lowest BCUT2D eigenvalue weighted by Crippen LogP contribution is -2.09. The number of hydrogen-bond acceptors (Lipinski definition) is 4. The average molecular weight is 302 g/mol. The molecule has 0 saturated carbocycles. The molecule has 0 spiro atoms. The predicted molar refractivity (Wildman–Crippen MR) is 67.7 cm³/mol. The first-order valence-electron chi connectivity index (χ1n) is 5.58. The molecule has 2 aromatic heterocycles. The highest BCUT2D eigenvalue weighted by Crippen LogP contribution is 2.21. The monoisotopic (exact) mass is 301 g/mol. The van der Waals surface area contributed by atoms with Crippen molar-refractivity contribution in [3.8, 4) is 11.7 Å². The number of pyridine rings is 1. The van der Waals surface area contributed by atoms with Gasteiger partial charge in [0.25, 0.3) is 0 Å². The van der Waals surface area contributed by atoms with E-state index in [1.807, 2.05) is 0 Å². The lowest BCUT2D eigenvalue weighted by atomic mass is 10.2. The van der Waals surface area contributed by atoms with Crippen molar-refractivity contribution in [2.24, 2.45) is 0 Å². The Morgan fingerprint density at radius 3 is 2.75 bits per heavy atom. The van der Waals surface area contributed by atoms with Crippen molar-refractivity contribution in [3.63, 3.8) is 0 Å². The van der Waals surface area contributed by atoms with E-state index in [4.69, 9.17) is 11.6 Å². The largest absolute Gasteiger partial charge is 0.415 e. The van der Waals surface area contributed by atoms with Gasteiger partial charge in [0, 0.05) is 11.8 Å². The fraction of sp³-hybridized carbons (Fsp3) is 0.250. The molecule has 0 fully saturated rings. The van der Waals surface area contributed by atoms with Crippen molar-refractivity contribution in [2.75, 3.05) is 0 Å². The van der Waals surface area contributed by atoms with Crippen LogP contribution in [0.25, 0.3) is 5.82 Å². The lowest BCUT2D eigenvalue weighted by Gasteiger charge is -2.08. The van der Waals surface area contributed by atoms with Gasteiger partial charge in [0.05, 0.1) is 5.56 Å². The summed E-state index contributed by atoms with van der Waals surface area (Å²) in [6.07, 6.45) is 0. The maximum absolute atomic E-state index is 12.2. The molecule has 8 heteroatoms. The summed E-state index contributed by atoms with van der Waals surface area (Å²) in [5.74, 6) is -0.323. The van der Waals surface area contributed by atoms with E-state index < -0.39 is 6.61 Å². The third kappa shape index (κ3) is 2.93. The number of ketones is 1. The van der Waals surface area contributed by atoms with Crippen LogP contribution in [0.5, 0.6) is 5.88 Å². The minimum absolute atomic E-state index is 0.163. The van der Waals surface area contributed by atoms with Crippen LogP contribution in [0.1, 0.15) is 23.0 Å². The third-order valence-electron chi connectivity index (χ3n) is 2.50. The molecule has 2 rings (SSSR count).